The molecule has 1 saturated heterocycles. The molecule has 0 aromatic heterocycles. The molecule has 2 aliphatic rings. The van der Waals surface area contributed by atoms with Gasteiger partial charge < -0.3 is 15.7 Å². The van der Waals surface area contributed by atoms with E-state index in [0.29, 0.717) is 19.5 Å². The molecule has 0 bridgehead atoms. The van der Waals surface area contributed by atoms with Crippen LogP contribution in [0.2, 0.25) is 0 Å². The average molecular weight is 240 g/mol. The van der Waals surface area contributed by atoms with Crippen LogP contribution in [0.1, 0.15) is 38.5 Å². The lowest BCUT2D eigenvalue weighted by Crippen LogP contribution is -2.50. The minimum Gasteiger partial charge on any atom is -0.480 e. The lowest BCUT2D eigenvalue weighted by molar-refractivity contribution is -0.152. The lowest BCUT2D eigenvalue weighted by atomic mass is 9.84. The number of amides is 1. The van der Waals surface area contributed by atoms with Crippen LogP contribution in [0, 0.1) is 5.41 Å². The van der Waals surface area contributed by atoms with E-state index in [2.05, 4.69) is 0 Å². The molecule has 0 radical (unpaired) electrons. The highest BCUT2D eigenvalue weighted by Crippen LogP contribution is 2.40. The molecule has 1 heterocycles. The zero-order valence-corrected chi connectivity index (χ0v) is 10.0. The molecule has 0 unspecified atom stereocenters. The number of rotatable bonds is 3. The third-order valence-corrected chi connectivity index (χ3v) is 4.20. The van der Waals surface area contributed by atoms with Crippen LogP contribution in [0.25, 0.3) is 0 Å². The summed E-state index contributed by atoms with van der Waals surface area (Å²) in [5, 5.41) is 9.11. The Morgan fingerprint density at radius 2 is 1.94 bits per heavy atom. The molecule has 0 aromatic carbocycles. The highest BCUT2D eigenvalue weighted by molar-refractivity contribution is 5.88. The molecule has 0 aromatic rings. The fourth-order valence-corrected chi connectivity index (χ4v) is 3.13. The van der Waals surface area contributed by atoms with Gasteiger partial charge in [-0.2, -0.15) is 0 Å². The summed E-state index contributed by atoms with van der Waals surface area (Å²) in [5.74, 6) is -0.914. The van der Waals surface area contributed by atoms with Crippen molar-refractivity contribution in [1.29, 1.82) is 0 Å². The Morgan fingerprint density at radius 1 is 1.29 bits per heavy atom. The van der Waals surface area contributed by atoms with Gasteiger partial charge in [-0.3, -0.25) is 4.79 Å². The summed E-state index contributed by atoms with van der Waals surface area (Å²) in [5.41, 5.74) is 5.29. The first-order valence-corrected chi connectivity index (χ1v) is 6.35. The van der Waals surface area contributed by atoms with Crippen molar-refractivity contribution in [3.8, 4) is 0 Å². The first-order valence-electron chi connectivity index (χ1n) is 6.35. The van der Waals surface area contributed by atoms with Crippen LogP contribution in [0.5, 0.6) is 0 Å². The zero-order valence-electron chi connectivity index (χ0n) is 10.0. The first kappa shape index (κ1) is 12.4. The molecule has 0 spiro atoms. The average Bonchev–Trinajstić information content (AvgIpc) is 2.98. The van der Waals surface area contributed by atoms with Gasteiger partial charge in [-0.05, 0) is 25.7 Å². The normalized spacial score (nSPS) is 27.4. The van der Waals surface area contributed by atoms with E-state index in [-0.39, 0.29) is 5.91 Å². The fraction of sp³-hybridized carbons (Fsp3) is 0.833. The van der Waals surface area contributed by atoms with Crippen molar-refractivity contribution in [2.45, 2.75) is 44.6 Å². The SMILES string of the molecule is NCC1(C(=O)N2CCC[C@@H]2C(=O)O)CCCC1. The van der Waals surface area contributed by atoms with Crippen molar-refractivity contribution in [3.05, 3.63) is 0 Å². The molecule has 2 fully saturated rings. The minimum absolute atomic E-state index is 0.0256. The van der Waals surface area contributed by atoms with Gasteiger partial charge in [-0.25, -0.2) is 4.79 Å². The van der Waals surface area contributed by atoms with Crippen molar-refractivity contribution in [1.82, 2.24) is 4.90 Å². The van der Waals surface area contributed by atoms with E-state index in [0.717, 1.165) is 32.1 Å². The van der Waals surface area contributed by atoms with Gasteiger partial charge in [0.15, 0.2) is 0 Å². The van der Waals surface area contributed by atoms with Gasteiger partial charge in [0.1, 0.15) is 6.04 Å². The molecule has 96 valence electrons. The summed E-state index contributed by atoms with van der Waals surface area (Å²) >= 11 is 0. The molecule has 17 heavy (non-hydrogen) atoms. The molecule has 1 saturated carbocycles. The van der Waals surface area contributed by atoms with E-state index in [1.165, 1.54) is 0 Å². The molecule has 1 aliphatic carbocycles. The van der Waals surface area contributed by atoms with E-state index in [9.17, 15) is 9.59 Å². The number of carboxylic acids is 1. The summed E-state index contributed by atoms with van der Waals surface area (Å²) in [6.45, 7) is 0.909. The van der Waals surface area contributed by atoms with Crippen LogP contribution in [0.3, 0.4) is 0 Å². The predicted octanol–water partition coefficient (Wildman–Crippen LogP) is 0.581. The smallest absolute Gasteiger partial charge is 0.326 e. The number of carboxylic acid groups (broad SMARTS) is 1. The van der Waals surface area contributed by atoms with Gasteiger partial charge in [-0.15, -0.1) is 0 Å². The van der Waals surface area contributed by atoms with Gasteiger partial charge in [0.05, 0.1) is 5.41 Å². The number of likely N-dealkylation sites (tertiary alicyclic amines) is 1. The second kappa shape index (κ2) is 4.64. The third kappa shape index (κ3) is 2.04. The van der Waals surface area contributed by atoms with Crippen LogP contribution < -0.4 is 5.73 Å². The summed E-state index contributed by atoms with van der Waals surface area (Å²) in [7, 11) is 0. The Labute approximate surface area is 101 Å². The number of carbonyl (C=O) groups excluding carboxylic acids is 1. The Bertz CT molecular complexity index is 324. The number of nitrogens with zero attached hydrogens (tertiary/aromatic N) is 1. The largest absolute Gasteiger partial charge is 0.480 e. The van der Waals surface area contributed by atoms with Gasteiger partial charge in [0.2, 0.25) is 5.91 Å². The number of hydrogen-bond acceptors (Lipinski definition) is 3. The van der Waals surface area contributed by atoms with Crippen molar-refractivity contribution >= 4 is 11.9 Å². The second-order valence-corrected chi connectivity index (χ2v) is 5.19. The maximum absolute atomic E-state index is 12.5. The number of hydrogen-bond donors (Lipinski definition) is 2. The quantitative estimate of drug-likeness (QED) is 0.756. The Hall–Kier alpha value is -1.10. The summed E-state index contributed by atoms with van der Waals surface area (Å²) in [4.78, 5) is 25.1. The minimum atomic E-state index is -0.888. The van der Waals surface area contributed by atoms with E-state index in [1.54, 1.807) is 4.90 Å². The topological polar surface area (TPSA) is 83.6 Å². The third-order valence-electron chi connectivity index (χ3n) is 4.20. The molecule has 1 aliphatic heterocycles. The summed E-state index contributed by atoms with van der Waals surface area (Å²) in [6.07, 6.45) is 5.02. The predicted molar refractivity (Wildman–Crippen MR) is 62.3 cm³/mol. The van der Waals surface area contributed by atoms with E-state index in [1.807, 2.05) is 0 Å². The standard InChI is InChI=1S/C12H20N2O3/c13-8-12(5-1-2-6-12)11(17)14-7-3-4-9(14)10(15)16/h9H,1-8,13H2,(H,15,16)/t9-/m1/s1. The molecule has 5 heteroatoms. The molecule has 3 N–H and O–H groups in total. The molecule has 1 amide bonds. The van der Waals surface area contributed by atoms with Crippen molar-refractivity contribution in [3.63, 3.8) is 0 Å². The van der Waals surface area contributed by atoms with Crippen LogP contribution in [0.4, 0.5) is 0 Å². The monoisotopic (exact) mass is 240 g/mol. The van der Waals surface area contributed by atoms with Gasteiger partial charge in [0, 0.05) is 13.1 Å². The Kier molecular flexibility index (Phi) is 3.38. The Balaban J connectivity index is 2.15. The number of nitrogens with two attached hydrogens (primary N) is 1. The number of aliphatic carboxylic acids is 1. The van der Waals surface area contributed by atoms with Crippen molar-refractivity contribution in [2.75, 3.05) is 13.1 Å². The van der Waals surface area contributed by atoms with Gasteiger partial charge >= 0.3 is 5.97 Å². The molecular weight excluding hydrogens is 220 g/mol. The van der Waals surface area contributed by atoms with Crippen molar-refractivity contribution in [2.24, 2.45) is 11.1 Å². The Morgan fingerprint density at radius 3 is 2.47 bits per heavy atom. The first-order chi connectivity index (χ1) is 8.10. The van der Waals surface area contributed by atoms with E-state index >= 15 is 0 Å². The zero-order chi connectivity index (χ0) is 12.5. The molecule has 5 nitrogen and oxygen atoms in total. The fourth-order valence-electron chi connectivity index (χ4n) is 3.13. The summed E-state index contributed by atoms with van der Waals surface area (Å²) < 4.78 is 0. The van der Waals surface area contributed by atoms with Crippen LogP contribution in [-0.4, -0.2) is 41.0 Å². The molecule has 2 rings (SSSR count). The number of carbonyl (C=O) groups is 2. The van der Waals surface area contributed by atoms with Gasteiger partial charge in [-0.1, -0.05) is 12.8 Å². The van der Waals surface area contributed by atoms with Crippen LogP contribution in [-0.2, 0) is 9.59 Å². The maximum Gasteiger partial charge on any atom is 0.326 e. The second-order valence-electron chi connectivity index (χ2n) is 5.19. The van der Waals surface area contributed by atoms with E-state index < -0.39 is 17.4 Å². The molecular formula is C12H20N2O3. The summed E-state index contributed by atoms with van der Waals surface area (Å²) in [6, 6.07) is -0.633. The highest BCUT2D eigenvalue weighted by Gasteiger charge is 2.46. The van der Waals surface area contributed by atoms with E-state index in [4.69, 9.17) is 10.8 Å². The molecule has 1 atom stereocenters. The van der Waals surface area contributed by atoms with Gasteiger partial charge in [0.25, 0.3) is 0 Å². The van der Waals surface area contributed by atoms with Crippen LogP contribution in [0.15, 0.2) is 0 Å². The van der Waals surface area contributed by atoms with Crippen LogP contribution >= 0.6 is 0 Å². The van der Waals surface area contributed by atoms with Crippen molar-refractivity contribution < 1.29 is 14.7 Å². The highest BCUT2D eigenvalue weighted by atomic mass is 16.4. The maximum atomic E-state index is 12.5. The lowest BCUT2D eigenvalue weighted by Gasteiger charge is -2.33.